The monoisotopic (exact) mass is 302 g/mol. The van der Waals surface area contributed by atoms with Crippen LogP contribution in [0.3, 0.4) is 0 Å². The molecule has 0 spiro atoms. The summed E-state index contributed by atoms with van der Waals surface area (Å²) in [5.74, 6) is -9.80. The molecule has 1 rings (SSSR count). The Balaban J connectivity index is 3.00. The minimum absolute atomic E-state index is 0.113. The van der Waals surface area contributed by atoms with Crippen LogP contribution in [0.5, 0.6) is 0 Å². The Morgan fingerprint density at radius 1 is 0.857 bits per heavy atom. The normalized spacial score (nSPS) is 28.6. The SMILES string of the molecule is CCCOC(=O)C1CC(C(=O)O)C(C(=O)O)CC1C(=O)O. The third kappa shape index (κ3) is 3.93. The van der Waals surface area contributed by atoms with E-state index < -0.39 is 54.0 Å². The first-order valence-electron chi connectivity index (χ1n) is 6.64. The predicted octanol–water partition coefficient (Wildman–Crippen LogP) is 0.452. The summed E-state index contributed by atoms with van der Waals surface area (Å²) in [6, 6.07) is 0. The molecule has 0 heterocycles. The average Bonchev–Trinajstić information content (AvgIpc) is 2.42. The van der Waals surface area contributed by atoms with E-state index in [0.29, 0.717) is 6.42 Å². The molecule has 0 saturated heterocycles. The molecule has 8 heteroatoms. The summed E-state index contributed by atoms with van der Waals surface area (Å²) in [7, 11) is 0. The van der Waals surface area contributed by atoms with E-state index in [1.807, 2.05) is 0 Å². The Labute approximate surface area is 120 Å². The molecule has 4 atom stereocenters. The van der Waals surface area contributed by atoms with E-state index in [4.69, 9.17) is 20.1 Å². The zero-order valence-corrected chi connectivity index (χ0v) is 11.5. The van der Waals surface area contributed by atoms with Crippen LogP contribution in [0.4, 0.5) is 0 Å². The highest BCUT2D eigenvalue weighted by Crippen LogP contribution is 2.39. The van der Waals surface area contributed by atoms with Crippen LogP contribution in [0.2, 0.25) is 0 Å². The highest BCUT2D eigenvalue weighted by atomic mass is 16.5. The topological polar surface area (TPSA) is 138 Å². The van der Waals surface area contributed by atoms with Gasteiger partial charge in [0.25, 0.3) is 0 Å². The van der Waals surface area contributed by atoms with Crippen molar-refractivity contribution in [2.24, 2.45) is 23.7 Å². The molecule has 0 bridgehead atoms. The van der Waals surface area contributed by atoms with Gasteiger partial charge < -0.3 is 20.1 Å². The fraction of sp³-hybridized carbons (Fsp3) is 0.692. The second-order valence-corrected chi connectivity index (χ2v) is 5.08. The summed E-state index contributed by atoms with van der Waals surface area (Å²) in [5, 5.41) is 27.3. The number of carboxylic acid groups (broad SMARTS) is 3. The maximum atomic E-state index is 11.9. The summed E-state index contributed by atoms with van der Waals surface area (Å²) in [5.41, 5.74) is 0. The van der Waals surface area contributed by atoms with Gasteiger partial charge in [-0.3, -0.25) is 19.2 Å². The fourth-order valence-electron chi connectivity index (χ4n) is 2.59. The standard InChI is InChI=1S/C13H18O8/c1-2-3-21-13(20)9-5-7(11(16)17)6(10(14)15)4-8(9)12(18)19/h6-9H,2-5H2,1H3,(H,14,15)(H,16,17)(H,18,19). The van der Waals surface area contributed by atoms with Gasteiger partial charge in [0.15, 0.2) is 0 Å². The lowest BCUT2D eigenvalue weighted by Crippen LogP contribution is -2.45. The molecule has 0 aromatic rings. The molecule has 4 unspecified atom stereocenters. The minimum Gasteiger partial charge on any atom is -0.481 e. The second-order valence-electron chi connectivity index (χ2n) is 5.08. The van der Waals surface area contributed by atoms with Crippen molar-refractivity contribution in [2.75, 3.05) is 6.61 Å². The van der Waals surface area contributed by atoms with Crippen molar-refractivity contribution < 1.29 is 39.2 Å². The zero-order chi connectivity index (χ0) is 16.2. The van der Waals surface area contributed by atoms with Crippen LogP contribution >= 0.6 is 0 Å². The Morgan fingerprint density at radius 2 is 1.24 bits per heavy atom. The number of aliphatic carboxylic acids is 3. The molecule has 0 radical (unpaired) electrons. The first kappa shape index (κ1) is 16.9. The lowest BCUT2D eigenvalue weighted by atomic mass is 9.68. The Kier molecular flexibility index (Phi) is 5.69. The molecular weight excluding hydrogens is 284 g/mol. The summed E-state index contributed by atoms with van der Waals surface area (Å²) in [6.07, 6.45) is -0.185. The number of hydrogen-bond acceptors (Lipinski definition) is 5. The molecule has 118 valence electrons. The van der Waals surface area contributed by atoms with Crippen LogP contribution in [-0.2, 0) is 23.9 Å². The third-order valence-electron chi connectivity index (χ3n) is 3.69. The number of carboxylic acids is 3. The number of ether oxygens (including phenoxy) is 1. The van der Waals surface area contributed by atoms with Crippen LogP contribution in [0, 0.1) is 23.7 Å². The van der Waals surface area contributed by atoms with Gasteiger partial charge in [-0.2, -0.15) is 0 Å². The van der Waals surface area contributed by atoms with Crippen molar-refractivity contribution in [2.45, 2.75) is 26.2 Å². The van der Waals surface area contributed by atoms with Gasteiger partial charge in [-0.1, -0.05) is 6.92 Å². The molecule has 21 heavy (non-hydrogen) atoms. The molecular formula is C13H18O8. The van der Waals surface area contributed by atoms with Gasteiger partial charge in [0.1, 0.15) is 0 Å². The van der Waals surface area contributed by atoms with Gasteiger partial charge in [-0.25, -0.2) is 0 Å². The van der Waals surface area contributed by atoms with Gasteiger partial charge >= 0.3 is 23.9 Å². The lowest BCUT2D eigenvalue weighted by molar-refractivity contribution is -0.170. The van der Waals surface area contributed by atoms with Crippen LogP contribution in [0.15, 0.2) is 0 Å². The van der Waals surface area contributed by atoms with E-state index in [2.05, 4.69) is 0 Å². The van der Waals surface area contributed by atoms with Crippen LogP contribution < -0.4 is 0 Å². The fourth-order valence-corrected chi connectivity index (χ4v) is 2.59. The Morgan fingerprint density at radius 3 is 1.62 bits per heavy atom. The maximum Gasteiger partial charge on any atom is 0.309 e. The van der Waals surface area contributed by atoms with Gasteiger partial charge in [0.2, 0.25) is 0 Å². The van der Waals surface area contributed by atoms with E-state index in [1.54, 1.807) is 6.92 Å². The molecule has 1 aliphatic carbocycles. The summed E-state index contributed by atoms with van der Waals surface area (Å²) >= 11 is 0. The van der Waals surface area contributed by atoms with Crippen molar-refractivity contribution in [3.05, 3.63) is 0 Å². The van der Waals surface area contributed by atoms with E-state index >= 15 is 0 Å². The van der Waals surface area contributed by atoms with Crippen molar-refractivity contribution >= 4 is 23.9 Å². The van der Waals surface area contributed by atoms with Crippen molar-refractivity contribution in [3.8, 4) is 0 Å². The molecule has 0 aromatic heterocycles. The van der Waals surface area contributed by atoms with Gasteiger partial charge in [0.05, 0.1) is 30.3 Å². The first-order valence-corrected chi connectivity index (χ1v) is 6.64. The summed E-state index contributed by atoms with van der Waals surface area (Å²) in [4.78, 5) is 45.4. The molecule has 0 aromatic carbocycles. The highest BCUT2D eigenvalue weighted by Gasteiger charge is 2.49. The van der Waals surface area contributed by atoms with E-state index in [1.165, 1.54) is 0 Å². The summed E-state index contributed by atoms with van der Waals surface area (Å²) in [6.45, 7) is 1.88. The lowest BCUT2D eigenvalue weighted by Gasteiger charge is -2.34. The number of rotatable bonds is 6. The maximum absolute atomic E-state index is 11.9. The van der Waals surface area contributed by atoms with Crippen LogP contribution in [0.25, 0.3) is 0 Å². The minimum atomic E-state index is -1.37. The molecule has 1 saturated carbocycles. The quantitative estimate of drug-likeness (QED) is 0.601. The smallest absolute Gasteiger partial charge is 0.309 e. The Bertz CT molecular complexity index is 443. The molecule has 0 aliphatic heterocycles. The van der Waals surface area contributed by atoms with Crippen LogP contribution in [-0.4, -0.2) is 45.8 Å². The second kappa shape index (κ2) is 7.05. The van der Waals surface area contributed by atoms with Crippen molar-refractivity contribution in [3.63, 3.8) is 0 Å². The predicted molar refractivity (Wildman–Crippen MR) is 67.4 cm³/mol. The van der Waals surface area contributed by atoms with E-state index in [-0.39, 0.29) is 13.0 Å². The number of carbonyl (C=O) groups excluding carboxylic acids is 1. The van der Waals surface area contributed by atoms with Crippen molar-refractivity contribution in [1.82, 2.24) is 0 Å². The number of carbonyl (C=O) groups is 4. The van der Waals surface area contributed by atoms with Gasteiger partial charge in [0, 0.05) is 0 Å². The van der Waals surface area contributed by atoms with Crippen molar-refractivity contribution in [1.29, 1.82) is 0 Å². The molecule has 1 fully saturated rings. The Hall–Kier alpha value is -2.12. The zero-order valence-electron chi connectivity index (χ0n) is 11.5. The molecule has 0 amide bonds. The first-order chi connectivity index (χ1) is 9.79. The molecule has 8 nitrogen and oxygen atoms in total. The third-order valence-corrected chi connectivity index (χ3v) is 3.69. The molecule has 3 N–H and O–H groups in total. The van der Waals surface area contributed by atoms with E-state index in [0.717, 1.165) is 0 Å². The molecule has 1 aliphatic rings. The van der Waals surface area contributed by atoms with Gasteiger partial charge in [-0.15, -0.1) is 0 Å². The van der Waals surface area contributed by atoms with E-state index in [9.17, 15) is 19.2 Å². The number of hydrogen-bond donors (Lipinski definition) is 3. The largest absolute Gasteiger partial charge is 0.481 e. The van der Waals surface area contributed by atoms with Gasteiger partial charge in [-0.05, 0) is 19.3 Å². The van der Waals surface area contributed by atoms with Crippen LogP contribution in [0.1, 0.15) is 26.2 Å². The average molecular weight is 302 g/mol. The number of esters is 1. The highest BCUT2D eigenvalue weighted by molar-refractivity contribution is 5.86. The summed E-state index contributed by atoms with van der Waals surface area (Å²) < 4.78 is 4.89.